The number of H-pyrrole nitrogens is 1. The van der Waals surface area contributed by atoms with Gasteiger partial charge in [-0.1, -0.05) is 12.1 Å². The highest BCUT2D eigenvalue weighted by atomic mass is 19.1. The van der Waals surface area contributed by atoms with E-state index in [1.807, 2.05) is 0 Å². The molecule has 39 heavy (non-hydrogen) atoms. The molecule has 3 heterocycles. The van der Waals surface area contributed by atoms with Crippen LogP contribution in [0, 0.1) is 18.6 Å². The molecule has 6 rings (SSSR count). The van der Waals surface area contributed by atoms with Crippen LogP contribution in [0.15, 0.2) is 54.7 Å². The first kappa shape index (κ1) is 25.2. The smallest absolute Gasteiger partial charge is 0.335 e. The number of hydrogen-bond acceptors (Lipinski definition) is 5. The summed E-state index contributed by atoms with van der Waals surface area (Å²) in [4.78, 5) is 11.6. The zero-order valence-corrected chi connectivity index (χ0v) is 21.2. The van der Waals surface area contributed by atoms with Gasteiger partial charge in [-0.15, -0.1) is 0 Å². The first-order valence-electron chi connectivity index (χ1n) is 12.4. The predicted octanol–water partition coefficient (Wildman–Crippen LogP) is 5.08. The molecule has 1 aliphatic rings. The number of aromatic carboxylic acids is 1. The van der Waals surface area contributed by atoms with Crippen molar-refractivity contribution in [2.24, 2.45) is 0 Å². The minimum Gasteiger partial charge on any atom is -0.478 e. The van der Waals surface area contributed by atoms with Gasteiger partial charge in [0, 0.05) is 42.2 Å². The standard InChI is InChI=1S/C29H25F2N3O5/c1-15-11-19(7-8-20(15)30)34-21-12-18-13-32-33-26(18)25(31)24(21)23(16-3-5-17(6-4-16)28(35)36)27(34)29(37)9-10-39-14-22(29)38-2/h3-8,11-13,22,37H,9-10,14H2,1-2H3,(H,32,33)(H,35,36). The Morgan fingerprint density at radius 1 is 1.21 bits per heavy atom. The fourth-order valence-corrected chi connectivity index (χ4v) is 5.56. The quantitative estimate of drug-likeness (QED) is 0.291. The third-order valence-corrected chi connectivity index (χ3v) is 7.55. The van der Waals surface area contributed by atoms with Crippen LogP contribution < -0.4 is 0 Å². The van der Waals surface area contributed by atoms with E-state index in [2.05, 4.69) is 10.2 Å². The van der Waals surface area contributed by atoms with Crippen molar-refractivity contribution < 1.29 is 33.3 Å². The second-order valence-electron chi connectivity index (χ2n) is 9.77. The Labute approximate surface area is 221 Å². The van der Waals surface area contributed by atoms with E-state index in [1.54, 1.807) is 41.8 Å². The van der Waals surface area contributed by atoms with Gasteiger partial charge in [0.15, 0.2) is 5.82 Å². The Kier molecular flexibility index (Phi) is 5.98. The molecule has 0 radical (unpaired) electrons. The zero-order chi connectivity index (χ0) is 27.5. The van der Waals surface area contributed by atoms with E-state index in [-0.39, 0.29) is 36.1 Å². The number of aryl methyl sites for hydroxylation is 1. The maximum absolute atomic E-state index is 16.4. The van der Waals surface area contributed by atoms with Crippen LogP contribution in [0.2, 0.25) is 0 Å². The number of nitrogens with one attached hydrogen (secondary N) is 1. The van der Waals surface area contributed by atoms with Crippen molar-refractivity contribution in [3.63, 3.8) is 0 Å². The average Bonchev–Trinajstić information content (AvgIpc) is 3.54. The largest absolute Gasteiger partial charge is 0.478 e. The molecule has 2 atom stereocenters. The Morgan fingerprint density at radius 3 is 2.67 bits per heavy atom. The molecule has 10 heteroatoms. The van der Waals surface area contributed by atoms with E-state index in [0.717, 1.165) is 0 Å². The molecule has 0 amide bonds. The van der Waals surface area contributed by atoms with E-state index in [1.165, 1.54) is 31.5 Å². The van der Waals surface area contributed by atoms with Crippen LogP contribution >= 0.6 is 0 Å². The Hall–Kier alpha value is -4.12. The van der Waals surface area contributed by atoms with E-state index < -0.39 is 29.3 Å². The highest BCUT2D eigenvalue weighted by Gasteiger charge is 2.47. The summed E-state index contributed by atoms with van der Waals surface area (Å²) in [6.07, 6.45) is 0.846. The number of carboxylic acids is 1. The molecule has 200 valence electrons. The summed E-state index contributed by atoms with van der Waals surface area (Å²) >= 11 is 0. The van der Waals surface area contributed by atoms with Gasteiger partial charge in [0.25, 0.3) is 0 Å². The number of halogens is 2. The number of methoxy groups -OCH3 is 1. The van der Waals surface area contributed by atoms with Crippen LogP contribution in [0.4, 0.5) is 8.78 Å². The van der Waals surface area contributed by atoms with Crippen LogP contribution in [-0.4, -0.2) is 57.4 Å². The summed E-state index contributed by atoms with van der Waals surface area (Å²) in [5.41, 5.74) is 1.11. The first-order chi connectivity index (χ1) is 18.7. The molecule has 0 aliphatic carbocycles. The number of ether oxygens (including phenoxy) is 2. The SMILES string of the molecule is COC1COCCC1(O)c1c(-c2ccc(C(=O)O)cc2)c2c(F)c3[nH]ncc3cc2n1-c1ccc(F)c(C)c1. The van der Waals surface area contributed by atoms with Gasteiger partial charge in [0.05, 0.1) is 29.6 Å². The number of aliphatic hydroxyl groups is 1. The normalized spacial score (nSPS) is 19.7. The zero-order valence-electron chi connectivity index (χ0n) is 21.2. The summed E-state index contributed by atoms with van der Waals surface area (Å²) in [6.45, 7) is 1.96. The van der Waals surface area contributed by atoms with Gasteiger partial charge in [-0.05, 0) is 54.4 Å². The number of nitrogens with zero attached hydrogens (tertiary/aromatic N) is 2. The number of aromatic amines is 1. The van der Waals surface area contributed by atoms with E-state index >= 15 is 4.39 Å². The summed E-state index contributed by atoms with van der Waals surface area (Å²) in [5, 5.41) is 29.3. The van der Waals surface area contributed by atoms with Crippen LogP contribution in [0.1, 0.15) is 28.0 Å². The lowest BCUT2D eigenvalue weighted by Crippen LogP contribution is -2.49. The van der Waals surface area contributed by atoms with E-state index in [9.17, 15) is 19.4 Å². The third-order valence-electron chi connectivity index (χ3n) is 7.55. The molecule has 5 aromatic rings. The maximum Gasteiger partial charge on any atom is 0.335 e. The summed E-state index contributed by atoms with van der Waals surface area (Å²) < 4.78 is 43.8. The van der Waals surface area contributed by atoms with Gasteiger partial charge >= 0.3 is 5.97 Å². The third kappa shape index (κ3) is 3.82. The second-order valence-corrected chi connectivity index (χ2v) is 9.77. The molecule has 2 aromatic heterocycles. The number of hydrogen-bond donors (Lipinski definition) is 3. The van der Waals surface area contributed by atoms with Gasteiger partial charge in [-0.3, -0.25) is 5.10 Å². The van der Waals surface area contributed by atoms with Gasteiger partial charge in [-0.25, -0.2) is 13.6 Å². The second kappa shape index (κ2) is 9.26. The highest BCUT2D eigenvalue weighted by Crippen LogP contribution is 2.48. The molecule has 0 saturated carbocycles. The Bertz CT molecular complexity index is 1740. The molecule has 8 nitrogen and oxygen atoms in total. The molecule has 0 bridgehead atoms. The molecule has 0 spiro atoms. The fraction of sp³-hybridized carbons (Fsp3) is 0.241. The van der Waals surface area contributed by atoms with Crippen LogP contribution in [0.25, 0.3) is 38.6 Å². The van der Waals surface area contributed by atoms with E-state index in [0.29, 0.717) is 39.0 Å². The minimum atomic E-state index is -1.65. The molecule has 1 fully saturated rings. The van der Waals surface area contributed by atoms with Gasteiger partial charge in [-0.2, -0.15) is 5.10 Å². The number of carbonyl (C=O) groups is 1. The average molecular weight is 534 g/mol. The molecular formula is C29H25F2N3O5. The first-order valence-corrected chi connectivity index (χ1v) is 12.4. The van der Waals surface area contributed by atoms with Crippen LogP contribution in [-0.2, 0) is 15.1 Å². The number of aromatic nitrogens is 3. The molecule has 1 aliphatic heterocycles. The summed E-state index contributed by atoms with van der Waals surface area (Å²) in [7, 11) is 1.47. The van der Waals surface area contributed by atoms with Crippen molar-refractivity contribution >= 4 is 27.8 Å². The number of benzene rings is 3. The highest BCUT2D eigenvalue weighted by molar-refractivity contribution is 6.06. The van der Waals surface area contributed by atoms with Crippen LogP contribution in [0.3, 0.4) is 0 Å². The van der Waals surface area contributed by atoms with E-state index in [4.69, 9.17) is 9.47 Å². The van der Waals surface area contributed by atoms with Gasteiger partial charge in [0.2, 0.25) is 0 Å². The Morgan fingerprint density at radius 2 is 1.97 bits per heavy atom. The topological polar surface area (TPSA) is 110 Å². The lowest BCUT2D eigenvalue weighted by Gasteiger charge is -2.40. The van der Waals surface area contributed by atoms with Crippen molar-refractivity contribution in [1.82, 2.24) is 14.8 Å². The predicted molar refractivity (Wildman–Crippen MR) is 140 cm³/mol. The maximum atomic E-state index is 16.4. The lowest BCUT2D eigenvalue weighted by atomic mass is 9.83. The minimum absolute atomic E-state index is 0.0641. The van der Waals surface area contributed by atoms with Gasteiger partial charge < -0.3 is 24.3 Å². The van der Waals surface area contributed by atoms with Gasteiger partial charge in [0.1, 0.15) is 23.0 Å². The van der Waals surface area contributed by atoms with Crippen molar-refractivity contribution in [2.75, 3.05) is 20.3 Å². The fourth-order valence-electron chi connectivity index (χ4n) is 5.56. The Balaban J connectivity index is 1.81. The lowest BCUT2D eigenvalue weighted by molar-refractivity contribution is -0.172. The van der Waals surface area contributed by atoms with Crippen molar-refractivity contribution in [3.8, 4) is 16.8 Å². The molecule has 3 aromatic carbocycles. The molecular weight excluding hydrogens is 508 g/mol. The van der Waals surface area contributed by atoms with Crippen molar-refractivity contribution in [1.29, 1.82) is 0 Å². The molecule has 3 N–H and O–H groups in total. The van der Waals surface area contributed by atoms with Crippen molar-refractivity contribution in [2.45, 2.75) is 25.0 Å². The van der Waals surface area contributed by atoms with Crippen LogP contribution in [0.5, 0.6) is 0 Å². The molecule has 1 saturated heterocycles. The number of carboxylic acid groups (broad SMARTS) is 1. The number of rotatable bonds is 5. The summed E-state index contributed by atoms with van der Waals surface area (Å²) in [5.74, 6) is -2.08. The molecule has 2 unspecified atom stereocenters. The van der Waals surface area contributed by atoms with Crippen molar-refractivity contribution in [3.05, 3.63) is 83.2 Å². The summed E-state index contributed by atoms with van der Waals surface area (Å²) in [6, 6.07) is 12.3. The number of fused-ring (bicyclic) bond motifs is 2. The monoisotopic (exact) mass is 533 g/mol.